The van der Waals surface area contributed by atoms with Crippen LogP contribution in [0, 0.1) is 5.92 Å². The van der Waals surface area contributed by atoms with Gasteiger partial charge in [-0.3, -0.25) is 4.79 Å². The van der Waals surface area contributed by atoms with Crippen LogP contribution < -0.4 is 11.1 Å². The maximum absolute atomic E-state index is 11.6. The fraction of sp³-hybridized carbons (Fsp3) is 0.700. The smallest absolute Gasteiger partial charge is 0.312 e. The normalized spacial score (nSPS) is 18.4. The van der Waals surface area contributed by atoms with Crippen LogP contribution in [0.25, 0.3) is 0 Å². The molecule has 3 N–H and O–H groups in total. The molecule has 1 aromatic rings. The molecular formula is C10H17N5O2. The number of hydrogen-bond acceptors (Lipinski definition) is 6. The standard InChI is InChI=1S/C10H17N5O2/c1-2-17-9(16)7-5-12-10-13-8(3-4-11)14-15(10)6-7/h7H,2-6,11H2,1H3,(H,12,13,14). The summed E-state index contributed by atoms with van der Waals surface area (Å²) in [6.07, 6.45) is 0.645. The van der Waals surface area contributed by atoms with E-state index in [1.54, 1.807) is 11.6 Å². The largest absolute Gasteiger partial charge is 0.466 e. The quantitative estimate of drug-likeness (QED) is 0.680. The van der Waals surface area contributed by atoms with Crippen LogP contribution in [0.15, 0.2) is 0 Å². The summed E-state index contributed by atoms with van der Waals surface area (Å²) in [6.45, 7) is 3.77. The Morgan fingerprint density at radius 2 is 2.53 bits per heavy atom. The number of rotatable bonds is 4. The lowest BCUT2D eigenvalue weighted by molar-refractivity contribution is -0.148. The molecule has 0 fully saturated rings. The fourth-order valence-electron chi connectivity index (χ4n) is 1.79. The Kier molecular flexibility index (Phi) is 3.58. The molecule has 2 rings (SSSR count). The molecule has 0 aromatic carbocycles. The predicted octanol–water partition coefficient (Wildman–Crippen LogP) is -0.616. The third kappa shape index (κ3) is 2.55. The van der Waals surface area contributed by atoms with Crippen molar-refractivity contribution in [2.75, 3.05) is 25.0 Å². The summed E-state index contributed by atoms with van der Waals surface area (Å²) in [5, 5.41) is 7.37. The molecule has 7 heteroatoms. The zero-order chi connectivity index (χ0) is 12.3. The van der Waals surface area contributed by atoms with Crippen molar-refractivity contribution in [3.63, 3.8) is 0 Å². The predicted molar refractivity (Wildman–Crippen MR) is 61.4 cm³/mol. The van der Waals surface area contributed by atoms with E-state index in [0.29, 0.717) is 44.4 Å². The van der Waals surface area contributed by atoms with Gasteiger partial charge in [-0.2, -0.15) is 10.1 Å². The average Bonchev–Trinajstić information content (AvgIpc) is 2.71. The number of carbonyl (C=O) groups excluding carboxylic acids is 1. The van der Waals surface area contributed by atoms with Crippen molar-refractivity contribution in [2.45, 2.75) is 19.9 Å². The molecule has 1 unspecified atom stereocenters. The Morgan fingerprint density at radius 3 is 3.24 bits per heavy atom. The Bertz CT molecular complexity index is 403. The third-order valence-corrected chi connectivity index (χ3v) is 2.60. The third-order valence-electron chi connectivity index (χ3n) is 2.60. The minimum absolute atomic E-state index is 0.193. The van der Waals surface area contributed by atoms with Gasteiger partial charge >= 0.3 is 5.97 Å². The van der Waals surface area contributed by atoms with Crippen molar-refractivity contribution >= 4 is 11.9 Å². The number of anilines is 1. The van der Waals surface area contributed by atoms with E-state index in [9.17, 15) is 4.79 Å². The molecule has 0 amide bonds. The molecule has 17 heavy (non-hydrogen) atoms. The first-order valence-electron chi connectivity index (χ1n) is 5.79. The minimum atomic E-state index is -0.199. The molecule has 0 saturated heterocycles. The highest BCUT2D eigenvalue weighted by atomic mass is 16.5. The van der Waals surface area contributed by atoms with E-state index in [-0.39, 0.29) is 11.9 Å². The molecule has 1 aliphatic rings. The van der Waals surface area contributed by atoms with Crippen LogP contribution >= 0.6 is 0 Å². The SMILES string of the molecule is CCOC(=O)C1CNc2nc(CCN)nn2C1. The van der Waals surface area contributed by atoms with Crippen LogP contribution in [0.3, 0.4) is 0 Å². The number of nitrogens with zero attached hydrogens (tertiary/aromatic N) is 3. The summed E-state index contributed by atoms with van der Waals surface area (Å²) >= 11 is 0. The molecule has 0 saturated carbocycles. The lowest BCUT2D eigenvalue weighted by atomic mass is 10.1. The maximum Gasteiger partial charge on any atom is 0.312 e. The highest BCUT2D eigenvalue weighted by Crippen LogP contribution is 2.16. The second kappa shape index (κ2) is 5.13. The van der Waals surface area contributed by atoms with Crippen molar-refractivity contribution in [1.29, 1.82) is 0 Å². The first-order valence-corrected chi connectivity index (χ1v) is 5.79. The van der Waals surface area contributed by atoms with E-state index in [4.69, 9.17) is 10.5 Å². The Hall–Kier alpha value is -1.63. The molecule has 94 valence electrons. The second-order valence-electron chi connectivity index (χ2n) is 3.90. The average molecular weight is 239 g/mol. The zero-order valence-corrected chi connectivity index (χ0v) is 9.85. The number of nitrogens with one attached hydrogen (secondary N) is 1. The van der Waals surface area contributed by atoms with Crippen LogP contribution in [-0.4, -0.2) is 40.4 Å². The van der Waals surface area contributed by atoms with Gasteiger partial charge in [0.25, 0.3) is 0 Å². The van der Waals surface area contributed by atoms with E-state index in [1.165, 1.54) is 0 Å². The Morgan fingerprint density at radius 1 is 1.71 bits per heavy atom. The van der Waals surface area contributed by atoms with Gasteiger partial charge in [0.05, 0.1) is 19.1 Å². The van der Waals surface area contributed by atoms with Gasteiger partial charge < -0.3 is 15.8 Å². The number of hydrogen-bond donors (Lipinski definition) is 2. The van der Waals surface area contributed by atoms with Crippen LogP contribution in [-0.2, 0) is 22.5 Å². The van der Waals surface area contributed by atoms with Crippen LogP contribution in [0.5, 0.6) is 0 Å². The number of carbonyl (C=O) groups is 1. The zero-order valence-electron chi connectivity index (χ0n) is 9.85. The molecule has 1 aliphatic heterocycles. The first kappa shape index (κ1) is 11.8. The molecule has 0 bridgehead atoms. The Labute approximate surface area is 99.3 Å². The van der Waals surface area contributed by atoms with Crippen molar-refractivity contribution in [3.05, 3.63) is 5.82 Å². The monoisotopic (exact) mass is 239 g/mol. The molecule has 1 aromatic heterocycles. The molecular weight excluding hydrogens is 222 g/mol. The van der Waals surface area contributed by atoms with Gasteiger partial charge in [-0.15, -0.1) is 0 Å². The lowest BCUT2D eigenvalue weighted by Crippen LogP contribution is -2.34. The van der Waals surface area contributed by atoms with Gasteiger partial charge in [-0.25, -0.2) is 4.68 Å². The topological polar surface area (TPSA) is 95.1 Å². The lowest BCUT2D eigenvalue weighted by Gasteiger charge is -2.21. The summed E-state index contributed by atoms with van der Waals surface area (Å²) < 4.78 is 6.69. The number of fused-ring (bicyclic) bond motifs is 1. The van der Waals surface area contributed by atoms with E-state index in [0.717, 1.165) is 0 Å². The van der Waals surface area contributed by atoms with Crippen molar-refractivity contribution < 1.29 is 9.53 Å². The van der Waals surface area contributed by atoms with Gasteiger partial charge in [-0.1, -0.05) is 0 Å². The first-order chi connectivity index (χ1) is 8.24. The molecule has 0 radical (unpaired) electrons. The number of ether oxygens (including phenoxy) is 1. The number of nitrogens with two attached hydrogens (primary N) is 1. The minimum Gasteiger partial charge on any atom is -0.466 e. The summed E-state index contributed by atoms with van der Waals surface area (Å²) in [4.78, 5) is 15.9. The summed E-state index contributed by atoms with van der Waals surface area (Å²) in [5.74, 6) is 1.02. The van der Waals surface area contributed by atoms with Crippen molar-refractivity contribution in [1.82, 2.24) is 14.8 Å². The molecule has 1 atom stereocenters. The highest BCUT2D eigenvalue weighted by Gasteiger charge is 2.27. The number of aromatic nitrogens is 3. The van der Waals surface area contributed by atoms with Gasteiger partial charge in [0.2, 0.25) is 5.95 Å². The summed E-state index contributed by atoms with van der Waals surface area (Å²) in [5.41, 5.74) is 5.45. The molecule has 0 aliphatic carbocycles. The van der Waals surface area contributed by atoms with Crippen molar-refractivity contribution in [2.24, 2.45) is 11.7 Å². The van der Waals surface area contributed by atoms with E-state index in [2.05, 4.69) is 15.4 Å². The van der Waals surface area contributed by atoms with Crippen LogP contribution in [0.1, 0.15) is 12.7 Å². The van der Waals surface area contributed by atoms with Crippen LogP contribution in [0.4, 0.5) is 5.95 Å². The molecule has 0 spiro atoms. The summed E-state index contributed by atoms with van der Waals surface area (Å²) in [6, 6.07) is 0. The fourth-order valence-corrected chi connectivity index (χ4v) is 1.79. The van der Waals surface area contributed by atoms with Gasteiger partial charge in [0.1, 0.15) is 0 Å². The summed E-state index contributed by atoms with van der Waals surface area (Å²) in [7, 11) is 0. The highest BCUT2D eigenvalue weighted by molar-refractivity contribution is 5.73. The molecule has 2 heterocycles. The van der Waals surface area contributed by atoms with Crippen molar-refractivity contribution in [3.8, 4) is 0 Å². The van der Waals surface area contributed by atoms with E-state index < -0.39 is 0 Å². The Balaban J connectivity index is 2.05. The van der Waals surface area contributed by atoms with E-state index >= 15 is 0 Å². The molecule has 7 nitrogen and oxygen atoms in total. The maximum atomic E-state index is 11.6. The number of esters is 1. The second-order valence-corrected chi connectivity index (χ2v) is 3.90. The van der Waals surface area contributed by atoms with Gasteiger partial charge in [0, 0.05) is 13.0 Å². The van der Waals surface area contributed by atoms with Gasteiger partial charge in [0.15, 0.2) is 5.82 Å². The van der Waals surface area contributed by atoms with Crippen LogP contribution in [0.2, 0.25) is 0 Å². The van der Waals surface area contributed by atoms with E-state index in [1.807, 2.05) is 0 Å². The van der Waals surface area contributed by atoms with Gasteiger partial charge in [-0.05, 0) is 13.5 Å².